The number of methoxy groups -OCH3 is 1. The molecule has 2 heteroatoms. The van der Waals surface area contributed by atoms with Gasteiger partial charge in [0.1, 0.15) is 0 Å². The van der Waals surface area contributed by atoms with Crippen LogP contribution in [0.1, 0.15) is 52.9 Å². The Balaban J connectivity index is 1.82. The normalized spacial score (nSPS) is 33.5. The number of nitrogens with one attached hydrogen (secondary N) is 1. The van der Waals surface area contributed by atoms with Crippen molar-refractivity contribution in [1.82, 2.24) is 5.32 Å². The third-order valence-corrected chi connectivity index (χ3v) is 5.01. The van der Waals surface area contributed by atoms with E-state index < -0.39 is 0 Å². The largest absolute Gasteiger partial charge is 0.379 e. The number of rotatable bonds is 7. The Morgan fingerprint density at radius 3 is 2.47 bits per heavy atom. The van der Waals surface area contributed by atoms with E-state index in [1.807, 2.05) is 7.11 Å². The van der Waals surface area contributed by atoms with Gasteiger partial charge in [-0.2, -0.15) is 0 Å². The molecule has 2 nitrogen and oxygen atoms in total. The second-order valence-corrected chi connectivity index (χ2v) is 6.50. The molecule has 2 rings (SSSR count). The Bertz CT molecular complexity index is 241. The lowest BCUT2D eigenvalue weighted by atomic mass is 9.94. The lowest BCUT2D eigenvalue weighted by Gasteiger charge is -2.27. The molecular weight excluding hydrogens is 210 g/mol. The Labute approximate surface area is 107 Å². The van der Waals surface area contributed by atoms with Crippen LogP contribution < -0.4 is 5.32 Å². The molecule has 3 unspecified atom stereocenters. The van der Waals surface area contributed by atoms with E-state index in [1.54, 1.807) is 0 Å². The van der Waals surface area contributed by atoms with Gasteiger partial charge in [0.2, 0.25) is 0 Å². The van der Waals surface area contributed by atoms with Crippen molar-refractivity contribution in [1.29, 1.82) is 0 Å². The Morgan fingerprint density at radius 1 is 1.29 bits per heavy atom. The van der Waals surface area contributed by atoms with Gasteiger partial charge in [0.05, 0.1) is 5.60 Å². The van der Waals surface area contributed by atoms with Gasteiger partial charge >= 0.3 is 0 Å². The molecule has 2 aliphatic carbocycles. The zero-order valence-electron chi connectivity index (χ0n) is 12.0. The molecule has 0 aliphatic heterocycles. The van der Waals surface area contributed by atoms with E-state index in [-0.39, 0.29) is 5.60 Å². The maximum Gasteiger partial charge on any atom is 0.0623 e. The Hall–Kier alpha value is -0.0800. The van der Waals surface area contributed by atoms with Crippen LogP contribution in [0, 0.1) is 17.8 Å². The van der Waals surface area contributed by atoms with Crippen LogP contribution in [0.25, 0.3) is 0 Å². The fourth-order valence-corrected chi connectivity index (χ4v) is 3.77. The van der Waals surface area contributed by atoms with Crippen LogP contribution >= 0.6 is 0 Å². The highest BCUT2D eigenvalue weighted by Crippen LogP contribution is 2.59. The minimum absolute atomic E-state index is 0.0394. The third-order valence-electron chi connectivity index (χ3n) is 5.01. The van der Waals surface area contributed by atoms with E-state index >= 15 is 0 Å². The fraction of sp³-hybridized carbons (Fsp3) is 1.00. The maximum absolute atomic E-state index is 5.53. The highest BCUT2D eigenvalue weighted by atomic mass is 16.5. The summed E-state index contributed by atoms with van der Waals surface area (Å²) in [4.78, 5) is 0. The third kappa shape index (κ3) is 3.03. The molecule has 0 bridgehead atoms. The van der Waals surface area contributed by atoms with Gasteiger partial charge in [0.15, 0.2) is 0 Å². The molecule has 100 valence electrons. The summed E-state index contributed by atoms with van der Waals surface area (Å²) in [6.07, 6.45) is 6.90. The van der Waals surface area contributed by atoms with E-state index in [9.17, 15) is 0 Å². The molecule has 2 aliphatic rings. The summed E-state index contributed by atoms with van der Waals surface area (Å²) in [6, 6.07) is 0.740. The van der Waals surface area contributed by atoms with E-state index in [2.05, 4.69) is 26.1 Å². The number of fused-ring (bicyclic) bond motifs is 1. The van der Waals surface area contributed by atoms with Gasteiger partial charge in [-0.25, -0.2) is 0 Å². The van der Waals surface area contributed by atoms with Gasteiger partial charge in [-0.15, -0.1) is 0 Å². The standard InChI is InChI=1S/C15H29NO/c1-5-16-13(9-10-15(2,3)17-4)14-11-7-6-8-12(11)14/h11-14,16H,5-10H2,1-4H3. The van der Waals surface area contributed by atoms with Gasteiger partial charge in [-0.3, -0.25) is 0 Å². The predicted octanol–water partition coefficient (Wildman–Crippen LogP) is 3.22. The first-order valence-electron chi connectivity index (χ1n) is 7.37. The summed E-state index contributed by atoms with van der Waals surface area (Å²) in [5, 5.41) is 3.71. The molecule has 2 saturated carbocycles. The van der Waals surface area contributed by atoms with Crippen molar-refractivity contribution in [3.63, 3.8) is 0 Å². The maximum atomic E-state index is 5.53. The van der Waals surface area contributed by atoms with E-state index in [0.29, 0.717) is 0 Å². The SMILES string of the molecule is CCNC(CCC(C)(C)OC)C1C2CCCC21. The fourth-order valence-electron chi connectivity index (χ4n) is 3.77. The Kier molecular flexibility index (Phi) is 4.14. The van der Waals surface area contributed by atoms with E-state index in [1.165, 1.54) is 25.7 Å². The molecule has 17 heavy (non-hydrogen) atoms. The van der Waals surface area contributed by atoms with Crippen molar-refractivity contribution < 1.29 is 4.74 Å². The lowest BCUT2D eigenvalue weighted by Crippen LogP contribution is -2.35. The minimum Gasteiger partial charge on any atom is -0.379 e. The van der Waals surface area contributed by atoms with Crippen LogP contribution in [0.15, 0.2) is 0 Å². The molecular formula is C15H29NO. The van der Waals surface area contributed by atoms with Crippen molar-refractivity contribution >= 4 is 0 Å². The number of hydrogen-bond donors (Lipinski definition) is 1. The van der Waals surface area contributed by atoms with E-state index in [4.69, 9.17) is 4.74 Å². The molecule has 0 radical (unpaired) electrons. The summed E-state index contributed by atoms with van der Waals surface area (Å²) in [7, 11) is 1.83. The van der Waals surface area contributed by atoms with Gasteiger partial charge in [0.25, 0.3) is 0 Å². The zero-order chi connectivity index (χ0) is 12.5. The average Bonchev–Trinajstić information content (AvgIpc) is 2.78. The quantitative estimate of drug-likeness (QED) is 0.736. The van der Waals surface area contributed by atoms with Crippen LogP contribution in [-0.2, 0) is 4.74 Å². The monoisotopic (exact) mass is 239 g/mol. The van der Waals surface area contributed by atoms with Gasteiger partial charge < -0.3 is 10.1 Å². The van der Waals surface area contributed by atoms with Crippen molar-refractivity contribution in [2.24, 2.45) is 17.8 Å². The summed E-state index contributed by atoms with van der Waals surface area (Å²) in [5.74, 6) is 3.10. The molecule has 1 N–H and O–H groups in total. The topological polar surface area (TPSA) is 21.3 Å². The van der Waals surface area contributed by atoms with Crippen molar-refractivity contribution in [3.05, 3.63) is 0 Å². The first kappa shape index (κ1) is 13.4. The van der Waals surface area contributed by atoms with Gasteiger partial charge in [-0.05, 0) is 63.8 Å². The summed E-state index contributed by atoms with van der Waals surface area (Å²) in [5.41, 5.74) is 0.0394. The van der Waals surface area contributed by atoms with Crippen LogP contribution in [-0.4, -0.2) is 25.3 Å². The smallest absolute Gasteiger partial charge is 0.0623 e. The molecule has 0 spiro atoms. The predicted molar refractivity (Wildman–Crippen MR) is 72.1 cm³/mol. The van der Waals surface area contributed by atoms with Crippen molar-refractivity contribution in [2.45, 2.75) is 64.5 Å². The van der Waals surface area contributed by atoms with Crippen molar-refractivity contribution in [2.75, 3.05) is 13.7 Å². The first-order valence-corrected chi connectivity index (χ1v) is 7.37. The highest BCUT2D eigenvalue weighted by molar-refractivity contribution is 5.06. The second kappa shape index (κ2) is 5.27. The molecule has 0 aromatic rings. The first-order chi connectivity index (χ1) is 8.09. The van der Waals surface area contributed by atoms with Gasteiger partial charge in [-0.1, -0.05) is 13.3 Å². The molecule has 0 aromatic heterocycles. The second-order valence-electron chi connectivity index (χ2n) is 6.50. The van der Waals surface area contributed by atoms with Crippen LogP contribution in [0.4, 0.5) is 0 Å². The van der Waals surface area contributed by atoms with Crippen LogP contribution in [0.2, 0.25) is 0 Å². The average molecular weight is 239 g/mol. The highest BCUT2D eigenvalue weighted by Gasteiger charge is 2.55. The number of hydrogen-bond acceptors (Lipinski definition) is 2. The summed E-state index contributed by atoms with van der Waals surface area (Å²) < 4.78 is 5.53. The van der Waals surface area contributed by atoms with E-state index in [0.717, 1.165) is 36.8 Å². The summed E-state index contributed by atoms with van der Waals surface area (Å²) in [6.45, 7) is 7.73. The number of ether oxygens (including phenoxy) is 1. The molecule has 0 amide bonds. The Morgan fingerprint density at radius 2 is 1.94 bits per heavy atom. The van der Waals surface area contributed by atoms with Gasteiger partial charge in [0, 0.05) is 13.2 Å². The summed E-state index contributed by atoms with van der Waals surface area (Å²) >= 11 is 0. The molecule has 0 aromatic carbocycles. The molecule has 0 saturated heterocycles. The molecule has 2 fully saturated rings. The molecule has 3 atom stereocenters. The van der Waals surface area contributed by atoms with Crippen molar-refractivity contribution in [3.8, 4) is 0 Å². The van der Waals surface area contributed by atoms with Crippen LogP contribution in [0.3, 0.4) is 0 Å². The lowest BCUT2D eigenvalue weighted by molar-refractivity contribution is 0.0109. The van der Waals surface area contributed by atoms with Crippen LogP contribution in [0.5, 0.6) is 0 Å². The minimum atomic E-state index is 0.0394. The zero-order valence-corrected chi connectivity index (χ0v) is 12.0. The molecule has 0 heterocycles.